The number of rotatable bonds is 6. The Morgan fingerprint density at radius 1 is 1.18 bits per heavy atom. The molecule has 2 rings (SSSR count). The SMILES string of the molecule is CCCNC(N)=NCc1ccc(Cn2ccccc2=O)cc1. The highest BCUT2D eigenvalue weighted by Gasteiger charge is 1.98. The van der Waals surface area contributed by atoms with Crippen molar-refractivity contribution < 1.29 is 0 Å². The Labute approximate surface area is 130 Å². The summed E-state index contributed by atoms with van der Waals surface area (Å²) in [4.78, 5) is 16.0. The highest BCUT2D eigenvalue weighted by atomic mass is 16.1. The number of pyridine rings is 1. The van der Waals surface area contributed by atoms with Gasteiger partial charge in [-0.05, 0) is 23.6 Å². The Morgan fingerprint density at radius 3 is 2.59 bits per heavy atom. The second-order valence-corrected chi connectivity index (χ2v) is 5.11. The van der Waals surface area contributed by atoms with E-state index in [1.807, 2.05) is 30.3 Å². The summed E-state index contributed by atoms with van der Waals surface area (Å²) in [5, 5.41) is 3.04. The van der Waals surface area contributed by atoms with Crippen LogP contribution in [0.3, 0.4) is 0 Å². The van der Waals surface area contributed by atoms with Gasteiger partial charge in [0, 0.05) is 18.8 Å². The molecule has 5 heteroatoms. The van der Waals surface area contributed by atoms with Gasteiger partial charge in [-0.2, -0.15) is 0 Å². The van der Waals surface area contributed by atoms with Gasteiger partial charge >= 0.3 is 0 Å². The van der Waals surface area contributed by atoms with Crippen LogP contribution in [-0.2, 0) is 13.1 Å². The predicted molar refractivity (Wildman–Crippen MR) is 89.9 cm³/mol. The molecule has 5 nitrogen and oxygen atoms in total. The van der Waals surface area contributed by atoms with Crippen molar-refractivity contribution in [2.24, 2.45) is 10.7 Å². The number of hydrogen-bond donors (Lipinski definition) is 2. The lowest BCUT2D eigenvalue weighted by Gasteiger charge is -2.06. The van der Waals surface area contributed by atoms with Crippen LogP contribution in [0, 0.1) is 0 Å². The zero-order valence-corrected chi connectivity index (χ0v) is 12.8. The third kappa shape index (κ3) is 4.77. The number of aromatic nitrogens is 1. The van der Waals surface area contributed by atoms with Crippen LogP contribution in [0.5, 0.6) is 0 Å². The van der Waals surface area contributed by atoms with E-state index in [4.69, 9.17) is 5.73 Å². The summed E-state index contributed by atoms with van der Waals surface area (Å²) < 4.78 is 1.68. The first-order chi connectivity index (χ1) is 10.7. The molecule has 1 aromatic heterocycles. The maximum absolute atomic E-state index is 11.7. The van der Waals surface area contributed by atoms with Crippen molar-refractivity contribution in [3.8, 4) is 0 Å². The van der Waals surface area contributed by atoms with Crippen LogP contribution in [0.1, 0.15) is 24.5 Å². The van der Waals surface area contributed by atoms with Crippen LogP contribution in [0.15, 0.2) is 58.4 Å². The van der Waals surface area contributed by atoms with E-state index in [0.717, 1.165) is 24.1 Å². The van der Waals surface area contributed by atoms with Crippen molar-refractivity contribution in [3.63, 3.8) is 0 Å². The van der Waals surface area contributed by atoms with Gasteiger partial charge in [-0.25, -0.2) is 4.99 Å². The van der Waals surface area contributed by atoms with Crippen LogP contribution < -0.4 is 16.6 Å². The van der Waals surface area contributed by atoms with E-state index in [9.17, 15) is 4.79 Å². The Kier molecular flexibility index (Phi) is 5.77. The minimum atomic E-state index is 0.00551. The van der Waals surface area contributed by atoms with Crippen molar-refractivity contribution in [1.82, 2.24) is 9.88 Å². The van der Waals surface area contributed by atoms with Crippen molar-refractivity contribution >= 4 is 5.96 Å². The van der Waals surface area contributed by atoms with E-state index in [0.29, 0.717) is 19.0 Å². The molecule has 0 bridgehead atoms. The highest BCUT2D eigenvalue weighted by molar-refractivity contribution is 5.77. The first-order valence-electron chi connectivity index (χ1n) is 7.46. The number of nitrogens with two attached hydrogens (primary N) is 1. The maximum atomic E-state index is 11.7. The lowest BCUT2D eigenvalue weighted by Crippen LogP contribution is -2.32. The minimum Gasteiger partial charge on any atom is -0.370 e. The fraction of sp³-hybridized carbons (Fsp3) is 0.294. The van der Waals surface area contributed by atoms with Gasteiger partial charge in [-0.1, -0.05) is 37.3 Å². The van der Waals surface area contributed by atoms with E-state index in [1.54, 1.807) is 22.9 Å². The van der Waals surface area contributed by atoms with Crippen LogP contribution in [0.4, 0.5) is 0 Å². The molecule has 0 spiro atoms. The molecule has 0 atom stereocenters. The predicted octanol–water partition coefficient (Wildman–Crippen LogP) is 1.71. The zero-order chi connectivity index (χ0) is 15.8. The number of benzene rings is 1. The van der Waals surface area contributed by atoms with Crippen LogP contribution in [0.25, 0.3) is 0 Å². The van der Waals surface area contributed by atoms with Crippen molar-refractivity contribution in [2.75, 3.05) is 6.54 Å². The molecule has 22 heavy (non-hydrogen) atoms. The lowest BCUT2D eigenvalue weighted by molar-refractivity contribution is 0.759. The summed E-state index contributed by atoms with van der Waals surface area (Å²) in [6.07, 6.45) is 2.81. The van der Waals surface area contributed by atoms with E-state index < -0.39 is 0 Å². The maximum Gasteiger partial charge on any atom is 0.250 e. The summed E-state index contributed by atoms with van der Waals surface area (Å²) in [6.45, 7) is 4.04. The van der Waals surface area contributed by atoms with Gasteiger partial charge in [0.15, 0.2) is 5.96 Å². The summed E-state index contributed by atoms with van der Waals surface area (Å²) in [6, 6.07) is 13.2. The Morgan fingerprint density at radius 2 is 1.91 bits per heavy atom. The molecule has 0 aliphatic rings. The summed E-state index contributed by atoms with van der Waals surface area (Å²) >= 11 is 0. The summed E-state index contributed by atoms with van der Waals surface area (Å²) in [7, 11) is 0. The first-order valence-corrected chi connectivity index (χ1v) is 7.46. The molecule has 0 saturated carbocycles. The van der Waals surface area contributed by atoms with Crippen LogP contribution in [0.2, 0.25) is 0 Å². The molecule has 3 N–H and O–H groups in total. The Balaban J connectivity index is 1.96. The van der Waals surface area contributed by atoms with Gasteiger partial charge in [0.2, 0.25) is 0 Å². The van der Waals surface area contributed by atoms with Crippen LogP contribution in [-0.4, -0.2) is 17.1 Å². The van der Waals surface area contributed by atoms with Crippen LogP contribution >= 0.6 is 0 Å². The fourth-order valence-corrected chi connectivity index (χ4v) is 2.02. The van der Waals surface area contributed by atoms with Crippen molar-refractivity contribution in [3.05, 3.63) is 70.1 Å². The molecule has 0 amide bonds. The second kappa shape index (κ2) is 8.02. The number of hydrogen-bond acceptors (Lipinski definition) is 2. The normalized spacial score (nSPS) is 11.4. The molecule has 116 valence electrons. The lowest BCUT2D eigenvalue weighted by atomic mass is 10.1. The number of aliphatic imine (C=N–C) groups is 1. The smallest absolute Gasteiger partial charge is 0.250 e. The standard InChI is InChI=1S/C17H22N4O/c1-2-10-19-17(18)20-12-14-6-8-15(9-7-14)13-21-11-4-3-5-16(21)22/h3-9,11H,2,10,12-13H2,1H3,(H3,18,19,20). The van der Waals surface area contributed by atoms with E-state index >= 15 is 0 Å². The van der Waals surface area contributed by atoms with Gasteiger partial charge < -0.3 is 15.6 Å². The first kappa shape index (κ1) is 15.8. The van der Waals surface area contributed by atoms with Gasteiger partial charge in [0.05, 0.1) is 13.1 Å². The largest absolute Gasteiger partial charge is 0.370 e. The minimum absolute atomic E-state index is 0.00551. The molecule has 1 heterocycles. The van der Waals surface area contributed by atoms with Gasteiger partial charge in [-0.3, -0.25) is 4.79 Å². The molecule has 0 radical (unpaired) electrons. The zero-order valence-electron chi connectivity index (χ0n) is 12.8. The van der Waals surface area contributed by atoms with E-state index in [1.165, 1.54) is 0 Å². The summed E-state index contributed by atoms with van der Waals surface area (Å²) in [5.41, 5.74) is 7.93. The quantitative estimate of drug-likeness (QED) is 0.630. The van der Waals surface area contributed by atoms with E-state index in [-0.39, 0.29) is 5.56 Å². The average Bonchev–Trinajstić information content (AvgIpc) is 2.54. The van der Waals surface area contributed by atoms with Gasteiger partial charge in [0.25, 0.3) is 5.56 Å². The second-order valence-electron chi connectivity index (χ2n) is 5.11. The molecule has 1 aromatic carbocycles. The fourth-order valence-electron chi connectivity index (χ4n) is 2.02. The average molecular weight is 298 g/mol. The molecule has 0 aliphatic heterocycles. The molecular weight excluding hydrogens is 276 g/mol. The molecule has 0 fully saturated rings. The Hall–Kier alpha value is -2.56. The van der Waals surface area contributed by atoms with Crippen molar-refractivity contribution in [1.29, 1.82) is 0 Å². The summed E-state index contributed by atoms with van der Waals surface area (Å²) in [5.74, 6) is 0.474. The molecular formula is C17H22N4O. The monoisotopic (exact) mass is 298 g/mol. The molecule has 0 saturated heterocycles. The number of nitrogens with one attached hydrogen (secondary N) is 1. The molecule has 2 aromatic rings. The topological polar surface area (TPSA) is 72.4 Å². The Bertz CT molecular complexity index is 674. The third-order valence-corrected chi connectivity index (χ3v) is 3.26. The molecule has 0 aliphatic carbocycles. The van der Waals surface area contributed by atoms with Gasteiger partial charge in [0.1, 0.15) is 0 Å². The van der Waals surface area contributed by atoms with Crippen molar-refractivity contribution in [2.45, 2.75) is 26.4 Å². The van der Waals surface area contributed by atoms with E-state index in [2.05, 4.69) is 17.2 Å². The highest BCUT2D eigenvalue weighted by Crippen LogP contribution is 2.06. The number of guanidine groups is 1. The third-order valence-electron chi connectivity index (χ3n) is 3.26. The number of nitrogens with zero attached hydrogens (tertiary/aromatic N) is 2. The molecule has 0 unspecified atom stereocenters. The van der Waals surface area contributed by atoms with Gasteiger partial charge in [-0.15, -0.1) is 0 Å².